The highest BCUT2D eigenvalue weighted by Crippen LogP contribution is 2.42. The molecule has 0 aliphatic rings. The van der Waals surface area contributed by atoms with Gasteiger partial charge in [0.15, 0.2) is 11.9 Å². The second kappa shape index (κ2) is 5.21. The van der Waals surface area contributed by atoms with E-state index >= 15 is 0 Å². The second-order valence-corrected chi connectivity index (χ2v) is 7.90. The van der Waals surface area contributed by atoms with Crippen LogP contribution < -0.4 is 4.57 Å². The molecule has 3 heterocycles. The maximum Gasteiger partial charge on any atom is 0.224 e. The zero-order valence-electron chi connectivity index (χ0n) is 16.3. The predicted molar refractivity (Wildman–Crippen MR) is 115 cm³/mol. The van der Waals surface area contributed by atoms with Crippen molar-refractivity contribution in [2.75, 3.05) is 0 Å². The van der Waals surface area contributed by atoms with Crippen LogP contribution in [0, 0.1) is 26.2 Å². The summed E-state index contributed by atoms with van der Waals surface area (Å²) >= 11 is 0. The number of pyridine rings is 2. The third-order valence-electron chi connectivity index (χ3n) is 6.34. The SMILES string of the molecule is [C-]#[N+]c1ccc2c(c1)c1cc(C)c(C)c3c1n2c1cc(F)cc2cc[n+](C)c3c21. The third kappa shape index (κ3) is 1.87. The number of halogens is 1. The Morgan fingerprint density at radius 3 is 2.59 bits per heavy atom. The second-order valence-electron chi connectivity index (χ2n) is 7.90. The van der Waals surface area contributed by atoms with Gasteiger partial charge < -0.3 is 4.40 Å². The van der Waals surface area contributed by atoms with Crippen molar-refractivity contribution in [3.8, 4) is 0 Å². The van der Waals surface area contributed by atoms with Gasteiger partial charge in [0.25, 0.3) is 0 Å². The molecule has 0 spiro atoms. The zero-order valence-corrected chi connectivity index (χ0v) is 16.3. The molecule has 0 fully saturated rings. The first-order valence-corrected chi connectivity index (χ1v) is 9.58. The number of benzene rings is 3. The summed E-state index contributed by atoms with van der Waals surface area (Å²) in [5, 5.41) is 5.28. The van der Waals surface area contributed by atoms with Crippen LogP contribution in [-0.2, 0) is 7.05 Å². The highest BCUT2D eigenvalue weighted by molar-refractivity contribution is 6.26. The summed E-state index contributed by atoms with van der Waals surface area (Å²) in [4.78, 5) is 3.62. The van der Waals surface area contributed by atoms with Crippen molar-refractivity contribution in [3.05, 3.63) is 77.0 Å². The summed E-state index contributed by atoms with van der Waals surface area (Å²) in [5.41, 5.74) is 7.12. The molecule has 3 aromatic heterocycles. The summed E-state index contributed by atoms with van der Waals surface area (Å²) in [6, 6.07) is 13.2. The van der Waals surface area contributed by atoms with Crippen molar-refractivity contribution >= 4 is 54.7 Å². The molecule has 0 saturated carbocycles. The molecule has 29 heavy (non-hydrogen) atoms. The molecular weight excluding hydrogens is 361 g/mol. The van der Waals surface area contributed by atoms with E-state index < -0.39 is 0 Å². The lowest BCUT2D eigenvalue weighted by Gasteiger charge is -2.14. The van der Waals surface area contributed by atoms with E-state index in [1.165, 1.54) is 16.5 Å². The van der Waals surface area contributed by atoms with E-state index in [0.29, 0.717) is 5.69 Å². The minimum Gasteiger partial charge on any atom is -0.307 e. The van der Waals surface area contributed by atoms with Gasteiger partial charge in [0.2, 0.25) is 5.52 Å². The number of rotatable bonds is 0. The van der Waals surface area contributed by atoms with E-state index in [1.807, 2.05) is 37.5 Å². The first-order valence-electron chi connectivity index (χ1n) is 9.58. The molecule has 0 saturated heterocycles. The highest BCUT2D eigenvalue weighted by Gasteiger charge is 2.25. The maximum atomic E-state index is 14.6. The summed E-state index contributed by atoms with van der Waals surface area (Å²) in [6.45, 7) is 11.7. The molecule has 3 nitrogen and oxygen atoms in total. The smallest absolute Gasteiger partial charge is 0.224 e. The Kier molecular flexibility index (Phi) is 2.92. The van der Waals surface area contributed by atoms with Gasteiger partial charge in [0.05, 0.1) is 33.9 Å². The minimum atomic E-state index is -0.243. The van der Waals surface area contributed by atoms with Gasteiger partial charge in [-0.1, -0.05) is 6.07 Å². The Balaban J connectivity index is 2.12. The lowest BCUT2D eigenvalue weighted by molar-refractivity contribution is -0.643. The van der Waals surface area contributed by atoms with E-state index in [1.54, 1.807) is 12.1 Å². The Hall–Kier alpha value is -3.71. The highest BCUT2D eigenvalue weighted by atomic mass is 19.1. The maximum absolute atomic E-state index is 14.6. The van der Waals surface area contributed by atoms with Crippen LogP contribution in [0.5, 0.6) is 0 Å². The quantitative estimate of drug-likeness (QED) is 0.131. The van der Waals surface area contributed by atoms with E-state index in [9.17, 15) is 4.39 Å². The van der Waals surface area contributed by atoms with Gasteiger partial charge >= 0.3 is 0 Å². The summed E-state index contributed by atoms with van der Waals surface area (Å²) < 4.78 is 18.9. The van der Waals surface area contributed by atoms with E-state index in [2.05, 4.69) is 33.7 Å². The van der Waals surface area contributed by atoms with Gasteiger partial charge in [0, 0.05) is 11.5 Å². The van der Waals surface area contributed by atoms with Crippen molar-refractivity contribution < 1.29 is 8.96 Å². The number of aryl methyl sites for hydroxylation is 3. The van der Waals surface area contributed by atoms with Gasteiger partial charge in [-0.15, -0.1) is 0 Å². The average molecular weight is 378 g/mol. The van der Waals surface area contributed by atoms with Gasteiger partial charge in [-0.2, -0.15) is 0 Å². The number of aromatic nitrogens is 2. The predicted octanol–water partition coefficient (Wildman–Crippen LogP) is 6.12. The molecule has 6 rings (SSSR count). The summed E-state index contributed by atoms with van der Waals surface area (Å²) in [7, 11) is 2.05. The number of hydrogen-bond acceptors (Lipinski definition) is 0. The lowest BCUT2D eigenvalue weighted by Crippen LogP contribution is -2.29. The summed E-state index contributed by atoms with van der Waals surface area (Å²) in [5.74, 6) is -0.243. The number of hydrogen-bond donors (Lipinski definition) is 0. The molecule has 138 valence electrons. The Morgan fingerprint density at radius 2 is 1.79 bits per heavy atom. The van der Waals surface area contributed by atoms with Crippen LogP contribution >= 0.6 is 0 Å². The van der Waals surface area contributed by atoms with E-state index in [-0.39, 0.29) is 5.82 Å². The Morgan fingerprint density at radius 1 is 0.966 bits per heavy atom. The molecule has 0 radical (unpaired) electrons. The molecule has 3 aromatic carbocycles. The van der Waals surface area contributed by atoms with Crippen molar-refractivity contribution in [1.29, 1.82) is 0 Å². The molecule has 0 N–H and O–H groups in total. The molecule has 0 bridgehead atoms. The van der Waals surface area contributed by atoms with Crippen LogP contribution in [-0.4, -0.2) is 4.40 Å². The van der Waals surface area contributed by atoms with Gasteiger partial charge in [-0.05, 0) is 66.1 Å². The first kappa shape index (κ1) is 16.3. The van der Waals surface area contributed by atoms with Crippen molar-refractivity contribution in [1.82, 2.24) is 4.40 Å². The van der Waals surface area contributed by atoms with Crippen LogP contribution in [0.2, 0.25) is 0 Å². The Bertz CT molecular complexity index is 1700. The molecule has 0 amide bonds. The van der Waals surface area contributed by atoms with Crippen molar-refractivity contribution in [2.24, 2.45) is 7.05 Å². The normalized spacial score (nSPS) is 12.1. The van der Waals surface area contributed by atoms with Crippen molar-refractivity contribution in [2.45, 2.75) is 13.8 Å². The standard InChI is InChI=1S/C25H17FN3/c1-13-9-19-18-12-17(27-3)5-6-20(18)29-21-11-16(26)10-15-7-8-28(4)25(23(15)21)22(14(13)2)24(19)29/h5-12H,1-2,4H3/q+1. The molecule has 4 heteroatoms. The van der Waals surface area contributed by atoms with Gasteiger partial charge in [0.1, 0.15) is 12.9 Å². The molecule has 6 aromatic rings. The third-order valence-corrected chi connectivity index (χ3v) is 6.34. The van der Waals surface area contributed by atoms with E-state index in [4.69, 9.17) is 6.57 Å². The van der Waals surface area contributed by atoms with Crippen LogP contribution in [0.3, 0.4) is 0 Å². The van der Waals surface area contributed by atoms with Crippen LogP contribution in [0.25, 0.3) is 53.8 Å². The topological polar surface area (TPSA) is 12.6 Å². The largest absolute Gasteiger partial charge is 0.307 e. The molecule has 0 aliphatic carbocycles. The summed E-state index contributed by atoms with van der Waals surface area (Å²) in [6.07, 6.45) is 2.00. The van der Waals surface area contributed by atoms with Gasteiger partial charge in [-0.25, -0.2) is 13.8 Å². The average Bonchev–Trinajstić information content (AvgIpc) is 3.03. The molecule has 0 atom stereocenters. The van der Waals surface area contributed by atoms with Gasteiger partial charge in [-0.3, -0.25) is 0 Å². The fraction of sp³-hybridized carbons (Fsp3) is 0.120. The molecule has 0 aliphatic heterocycles. The fourth-order valence-electron chi connectivity index (χ4n) is 4.93. The van der Waals surface area contributed by atoms with Crippen molar-refractivity contribution in [3.63, 3.8) is 0 Å². The molecule has 0 unspecified atom stereocenters. The monoisotopic (exact) mass is 378 g/mol. The lowest BCUT2D eigenvalue weighted by atomic mass is 9.96. The fourth-order valence-corrected chi connectivity index (χ4v) is 4.93. The number of fused-ring (bicyclic) bond motifs is 5. The first-order chi connectivity index (χ1) is 14.0. The zero-order chi connectivity index (χ0) is 20.0. The Labute approximate surface area is 166 Å². The van der Waals surface area contributed by atoms with Crippen LogP contribution in [0.15, 0.2) is 48.7 Å². The number of nitrogens with zero attached hydrogens (tertiary/aromatic N) is 3. The molecular formula is C25H17FN3+. The van der Waals surface area contributed by atoms with Crippen LogP contribution in [0.4, 0.5) is 10.1 Å². The van der Waals surface area contributed by atoms with E-state index in [0.717, 1.165) is 43.6 Å². The van der Waals surface area contributed by atoms with Crippen LogP contribution in [0.1, 0.15) is 11.1 Å². The minimum absolute atomic E-state index is 0.243.